The zero-order chi connectivity index (χ0) is 17.6. The van der Waals surface area contributed by atoms with Crippen LogP contribution in [0.4, 0.5) is 4.39 Å². The smallest absolute Gasteiger partial charge is 0.251 e. The Balaban J connectivity index is 1.54. The highest BCUT2D eigenvalue weighted by molar-refractivity contribution is 7.13. The second kappa shape index (κ2) is 7.90. The number of ether oxygens (including phenoxy) is 1. The SMILES string of the molecule is COc1ccc(C(=O)NCCc2csc(-c3cccc(F)c3)n2)cc1. The Morgan fingerprint density at radius 3 is 2.76 bits per heavy atom. The fourth-order valence-electron chi connectivity index (χ4n) is 2.32. The van der Waals surface area contributed by atoms with Crippen LogP contribution in [-0.2, 0) is 6.42 Å². The first kappa shape index (κ1) is 17.1. The Hall–Kier alpha value is -2.73. The van der Waals surface area contributed by atoms with Gasteiger partial charge in [0.1, 0.15) is 16.6 Å². The third-order valence-corrected chi connectivity index (χ3v) is 4.58. The average Bonchev–Trinajstić information content (AvgIpc) is 3.11. The summed E-state index contributed by atoms with van der Waals surface area (Å²) in [6.45, 7) is 0.483. The van der Waals surface area contributed by atoms with Crippen LogP contribution in [-0.4, -0.2) is 24.5 Å². The lowest BCUT2D eigenvalue weighted by molar-refractivity contribution is 0.0954. The minimum absolute atomic E-state index is 0.136. The molecule has 0 atom stereocenters. The Bertz CT molecular complexity index is 862. The number of rotatable bonds is 6. The summed E-state index contributed by atoms with van der Waals surface area (Å²) in [5, 5.41) is 5.57. The lowest BCUT2D eigenvalue weighted by Crippen LogP contribution is -2.25. The van der Waals surface area contributed by atoms with E-state index in [4.69, 9.17) is 4.74 Å². The summed E-state index contributed by atoms with van der Waals surface area (Å²) in [6, 6.07) is 13.3. The number of thiazole rings is 1. The molecule has 3 rings (SSSR count). The summed E-state index contributed by atoms with van der Waals surface area (Å²) in [5.74, 6) is 0.299. The highest BCUT2D eigenvalue weighted by Gasteiger charge is 2.08. The van der Waals surface area contributed by atoms with Crippen LogP contribution in [0, 0.1) is 5.82 Å². The molecule has 1 amide bonds. The lowest BCUT2D eigenvalue weighted by atomic mass is 10.2. The predicted molar refractivity (Wildman–Crippen MR) is 96.5 cm³/mol. The Morgan fingerprint density at radius 1 is 1.24 bits per heavy atom. The molecule has 2 aromatic carbocycles. The first-order chi connectivity index (χ1) is 12.2. The van der Waals surface area contributed by atoms with Crippen molar-refractivity contribution in [2.24, 2.45) is 0 Å². The van der Waals surface area contributed by atoms with E-state index in [-0.39, 0.29) is 11.7 Å². The van der Waals surface area contributed by atoms with Crippen LogP contribution in [0.3, 0.4) is 0 Å². The molecule has 0 aliphatic carbocycles. The number of nitrogens with zero attached hydrogens (tertiary/aromatic N) is 1. The number of aromatic nitrogens is 1. The van der Waals surface area contributed by atoms with Gasteiger partial charge in [-0.3, -0.25) is 4.79 Å². The van der Waals surface area contributed by atoms with Gasteiger partial charge in [0, 0.05) is 29.5 Å². The maximum atomic E-state index is 13.3. The molecular weight excluding hydrogens is 339 g/mol. The molecule has 0 aliphatic heterocycles. The molecule has 1 heterocycles. The van der Waals surface area contributed by atoms with E-state index in [0.717, 1.165) is 16.3 Å². The normalized spacial score (nSPS) is 10.5. The van der Waals surface area contributed by atoms with Gasteiger partial charge in [-0.05, 0) is 36.4 Å². The molecule has 0 saturated heterocycles. The molecule has 1 aromatic heterocycles. The van der Waals surface area contributed by atoms with E-state index in [1.54, 1.807) is 37.4 Å². The summed E-state index contributed by atoms with van der Waals surface area (Å²) in [5.41, 5.74) is 2.22. The second-order valence-corrected chi connectivity index (χ2v) is 6.25. The number of carbonyl (C=O) groups excluding carboxylic acids is 1. The molecular formula is C19H17FN2O2S. The first-order valence-corrected chi connectivity index (χ1v) is 8.66. The molecule has 1 N–H and O–H groups in total. The quantitative estimate of drug-likeness (QED) is 0.728. The van der Waals surface area contributed by atoms with Gasteiger partial charge >= 0.3 is 0 Å². The molecule has 3 aromatic rings. The Morgan fingerprint density at radius 2 is 2.04 bits per heavy atom. The fourth-order valence-corrected chi connectivity index (χ4v) is 3.18. The van der Waals surface area contributed by atoms with Gasteiger partial charge in [-0.25, -0.2) is 9.37 Å². The number of nitrogens with one attached hydrogen (secondary N) is 1. The molecule has 128 valence electrons. The van der Waals surface area contributed by atoms with Crippen LogP contribution >= 0.6 is 11.3 Å². The fraction of sp³-hybridized carbons (Fsp3) is 0.158. The molecule has 0 radical (unpaired) electrons. The van der Waals surface area contributed by atoms with Crippen molar-refractivity contribution in [1.29, 1.82) is 0 Å². The van der Waals surface area contributed by atoms with Crippen molar-refractivity contribution >= 4 is 17.2 Å². The van der Waals surface area contributed by atoms with Crippen molar-refractivity contribution in [3.8, 4) is 16.3 Å². The van der Waals surface area contributed by atoms with Crippen molar-refractivity contribution < 1.29 is 13.9 Å². The zero-order valence-corrected chi connectivity index (χ0v) is 14.5. The maximum Gasteiger partial charge on any atom is 0.251 e. The van der Waals surface area contributed by atoms with Gasteiger partial charge in [0.05, 0.1) is 12.8 Å². The number of hydrogen-bond acceptors (Lipinski definition) is 4. The summed E-state index contributed by atoms with van der Waals surface area (Å²) < 4.78 is 18.4. The summed E-state index contributed by atoms with van der Waals surface area (Å²) >= 11 is 1.47. The van der Waals surface area contributed by atoms with E-state index >= 15 is 0 Å². The number of methoxy groups -OCH3 is 1. The minimum atomic E-state index is -0.277. The van der Waals surface area contributed by atoms with Gasteiger partial charge in [0.25, 0.3) is 5.91 Å². The molecule has 0 saturated carbocycles. The average molecular weight is 356 g/mol. The number of carbonyl (C=O) groups is 1. The molecule has 25 heavy (non-hydrogen) atoms. The van der Waals surface area contributed by atoms with Crippen LogP contribution in [0.1, 0.15) is 16.1 Å². The number of benzene rings is 2. The maximum absolute atomic E-state index is 13.3. The summed E-state index contributed by atoms with van der Waals surface area (Å²) in [7, 11) is 1.58. The van der Waals surface area contributed by atoms with Crippen molar-refractivity contribution in [3.05, 3.63) is 71.0 Å². The van der Waals surface area contributed by atoms with E-state index < -0.39 is 0 Å². The van der Waals surface area contributed by atoms with Gasteiger partial charge in [-0.2, -0.15) is 0 Å². The molecule has 0 fully saturated rings. The number of halogens is 1. The van der Waals surface area contributed by atoms with Gasteiger partial charge in [-0.1, -0.05) is 12.1 Å². The second-order valence-electron chi connectivity index (χ2n) is 5.39. The van der Waals surface area contributed by atoms with Crippen LogP contribution in [0.2, 0.25) is 0 Å². The van der Waals surface area contributed by atoms with E-state index in [2.05, 4.69) is 10.3 Å². The third-order valence-electron chi connectivity index (χ3n) is 3.64. The predicted octanol–water partition coefficient (Wildman–Crippen LogP) is 3.93. The van der Waals surface area contributed by atoms with Crippen molar-refractivity contribution in [3.63, 3.8) is 0 Å². The van der Waals surface area contributed by atoms with E-state index in [1.165, 1.54) is 23.5 Å². The standard InChI is InChI=1S/C19H17FN2O2S/c1-24-17-7-5-13(6-8-17)18(23)21-10-9-16-12-25-19(22-16)14-3-2-4-15(20)11-14/h2-8,11-12H,9-10H2,1H3,(H,21,23). The molecule has 4 nitrogen and oxygen atoms in total. The monoisotopic (exact) mass is 356 g/mol. The van der Waals surface area contributed by atoms with E-state index in [9.17, 15) is 9.18 Å². The van der Waals surface area contributed by atoms with Crippen LogP contribution in [0.15, 0.2) is 53.9 Å². The third kappa shape index (κ3) is 4.42. The van der Waals surface area contributed by atoms with Crippen LogP contribution < -0.4 is 10.1 Å². The number of hydrogen-bond donors (Lipinski definition) is 1. The van der Waals surface area contributed by atoms with Crippen molar-refractivity contribution in [1.82, 2.24) is 10.3 Å². The summed E-state index contributed by atoms with van der Waals surface area (Å²) in [6.07, 6.45) is 0.619. The molecule has 0 spiro atoms. The highest BCUT2D eigenvalue weighted by Crippen LogP contribution is 2.24. The summed E-state index contributed by atoms with van der Waals surface area (Å²) in [4.78, 5) is 16.6. The largest absolute Gasteiger partial charge is 0.497 e. The number of amides is 1. The van der Waals surface area contributed by atoms with Crippen LogP contribution in [0.25, 0.3) is 10.6 Å². The van der Waals surface area contributed by atoms with Gasteiger partial charge in [-0.15, -0.1) is 11.3 Å². The molecule has 0 unspecified atom stereocenters. The van der Waals surface area contributed by atoms with Crippen LogP contribution in [0.5, 0.6) is 5.75 Å². The highest BCUT2D eigenvalue weighted by atomic mass is 32.1. The Kier molecular flexibility index (Phi) is 5.40. The lowest BCUT2D eigenvalue weighted by Gasteiger charge is -2.05. The molecule has 6 heteroatoms. The van der Waals surface area contributed by atoms with Crippen molar-refractivity contribution in [2.45, 2.75) is 6.42 Å². The molecule has 0 aliphatic rings. The topological polar surface area (TPSA) is 51.2 Å². The Labute approximate surface area is 149 Å². The minimum Gasteiger partial charge on any atom is -0.497 e. The first-order valence-electron chi connectivity index (χ1n) is 7.78. The van der Waals surface area contributed by atoms with Gasteiger partial charge < -0.3 is 10.1 Å². The zero-order valence-electron chi connectivity index (χ0n) is 13.7. The van der Waals surface area contributed by atoms with E-state index in [0.29, 0.717) is 24.3 Å². The van der Waals surface area contributed by atoms with Gasteiger partial charge in [0.2, 0.25) is 0 Å². The van der Waals surface area contributed by atoms with Crippen molar-refractivity contribution in [2.75, 3.05) is 13.7 Å². The van der Waals surface area contributed by atoms with E-state index in [1.807, 2.05) is 11.4 Å². The molecule has 0 bridgehead atoms. The van der Waals surface area contributed by atoms with Gasteiger partial charge in [0.15, 0.2) is 0 Å².